The number of carbonyl (C=O) groups excluding carboxylic acids is 3. The van der Waals surface area contributed by atoms with Gasteiger partial charge in [0.15, 0.2) is 0 Å². The van der Waals surface area contributed by atoms with Crippen LogP contribution in [-0.4, -0.2) is 64.3 Å². The smallest absolute Gasteiger partial charge is 0.337 e. The van der Waals surface area contributed by atoms with E-state index in [1.807, 2.05) is 0 Å². The quantitative estimate of drug-likeness (QED) is 0.341. The molecule has 1 aromatic rings. The van der Waals surface area contributed by atoms with Gasteiger partial charge in [-0.25, -0.2) is 4.79 Å². The molecular weight excluding hydrogens is 326 g/mol. The molecule has 0 spiro atoms. The predicted molar refractivity (Wildman–Crippen MR) is 90.4 cm³/mol. The number of quaternary nitrogens is 1. The highest BCUT2D eigenvalue weighted by molar-refractivity contribution is 6.39. The van der Waals surface area contributed by atoms with Crippen LogP contribution in [0.1, 0.15) is 16.8 Å². The first-order valence-corrected chi connectivity index (χ1v) is 8.29. The lowest BCUT2D eigenvalue weighted by atomic mass is 10.2. The molecule has 0 aromatic heterocycles. The standard InChI is InChI=1S/C17H23N3O5/c1-24-17(23)13-3-5-14(6-4-13)19-16(22)15(21)18-7-2-8-20-9-11-25-12-10-20/h3-6H,2,7-12H2,1H3,(H,18,21)(H,19,22)/p+1. The maximum absolute atomic E-state index is 11.8. The highest BCUT2D eigenvalue weighted by Crippen LogP contribution is 2.10. The van der Waals surface area contributed by atoms with Crippen LogP contribution in [0.2, 0.25) is 0 Å². The molecule has 2 amide bonds. The average molecular weight is 350 g/mol. The molecule has 2 rings (SSSR count). The molecule has 0 unspecified atom stereocenters. The number of hydrogen-bond acceptors (Lipinski definition) is 5. The third kappa shape index (κ3) is 6.17. The predicted octanol–water partition coefficient (Wildman–Crippen LogP) is -1.17. The first-order chi connectivity index (χ1) is 12.1. The van der Waals surface area contributed by atoms with Crippen LogP contribution in [0.4, 0.5) is 5.69 Å². The maximum Gasteiger partial charge on any atom is 0.337 e. The lowest BCUT2D eigenvalue weighted by Crippen LogP contribution is -3.14. The van der Waals surface area contributed by atoms with Gasteiger partial charge in [0.2, 0.25) is 0 Å². The molecule has 8 nitrogen and oxygen atoms in total. The van der Waals surface area contributed by atoms with Gasteiger partial charge < -0.3 is 25.0 Å². The Labute approximate surface area is 146 Å². The minimum absolute atomic E-state index is 0.371. The molecule has 0 atom stereocenters. The number of esters is 1. The Morgan fingerprint density at radius 1 is 1.12 bits per heavy atom. The summed E-state index contributed by atoms with van der Waals surface area (Å²) in [5, 5.41) is 5.10. The number of carbonyl (C=O) groups is 3. The molecule has 8 heteroatoms. The fraction of sp³-hybridized carbons (Fsp3) is 0.471. The summed E-state index contributed by atoms with van der Waals surface area (Å²) in [6.45, 7) is 4.92. The van der Waals surface area contributed by atoms with Gasteiger partial charge >= 0.3 is 17.8 Å². The Balaban J connectivity index is 1.69. The van der Waals surface area contributed by atoms with Crippen molar-refractivity contribution >= 4 is 23.5 Å². The number of ether oxygens (including phenoxy) is 2. The van der Waals surface area contributed by atoms with Crippen molar-refractivity contribution in [2.24, 2.45) is 0 Å². The van der Waals surface area contributed by atoms with Crippen molar-refractivity contribution in [2.75, 3.05) is 51.8 Å². The molecule has 1 aliphatic rings. The van der Waals surface area contributed by atoms with Crippen molar-refractivity contribution in [3.63, 3.8) is 0 Å². The highest BCUT2D eigenvalue weighted by atomic mass is 16.5. The van der Waals surface area contributed by atoms with Crippen molar-refractivity contribution in [3.8, 4) is 0 Å². The van der Waals surface area contributed by atoms with Crippen LogP contribution in [0.3, 0.4) is 0 Å². The summed E-state index contributed by atoms with van der Waals surface area (Å²) < 4.78 is 9.89. The van der Waals surface area contributed by atoms with Gasteiger partial charge in [-0.1, -0.05) is 0 Å². The Hall–Kier alpha value is -2.45. The van der Waals surface area contributed by atoms with E-state index in [9.17, 15) is 14.4 Å². The zero-order valence-electron chi connectivity index (χ0n) is 14.3. The number of rotatable bonds is 6. The minimum Gasteiger partial charge on any atom is -0.465 e. The van der Waals surface area contributed by atoms with E-state index in [2.05, 4.69) is 15.4 Å². The van der Waals surface area contributed by atoms with E-state index < -0.39 is 17.8 Å². The lowest BCUT2D eigenvalue weighted by Gasteiger charge is -2.23. The van der Waals surface area contributed by atoms with Crippen molar-refractivity contribution in [1.82, 2.24) is 5.32 Å². The van der Waals surface area contributed by atoms with Crippen molar-refractivity contribution in [1.29, 1.82) is 0 Å². The fourth-order valence-corrected chi connectivity index (χ4v) is 2.53. The Bertz CT molecular complexity index is 597. The molecular formula is C17H24N3O5+. The van der Waals surface area contributed by atoms with Crippen LogP contribution < -0.4 is 15.5 Å². The summed E-state index contributed by atoms with van der Waals surface area (Å²) in [6, 6.07) is 6.12. The highest BCUT2D eigenvalue weighted by Gasteiger charge is 2.15. The van der Waals surface area contributed by atoms with Crippen LogP contribution in [0.15, 0.2) is 24.3 Å². The molecule has 0 aliphatic carbocycles. The van der Waals surface area contributed by atoms with Gasteiger partial charge in [0.25, 0.3) is 0 Å². The minimum atomic E-state index is -0.732. The second-order valence-electron chi connectivity index (χ2n) is 5.74. The monoisotopic (exact) mass is 350 g/mol. The SMILES string of the molecule is COC(=O)c1ccc(NC(=O)C(=O)NCCC[NH+]2CCOCC2)cc1. The third-order valence-corrected chi connectivity index (χ3v) is 3.96. The number of hydrogen-bond donors (Lipinski definition) is 3. The van der Waals surface area contributed by atoms with Crippen molar-refractivity contribution in [2.45, 2.75) is 6.42 Å². The van der Waals surface area contributed by atoms with E-state index in [0.717, 1.165) is 39.3 Å². The molecule has 0 bridgehead atoms. The van der Waals surface area contributed by atoms with Gasteiger partial charge in [-0.3, -0.25) is 9.59 Å². The molecule has 0 radical (unpaired) electrons. The van der Waals surface area contributed by atoms with E-state index in [4.69, 9.17) is 4.74 Å². The van der Waals surface area contributed by atoms with Crippen LogP contribution >= 0.6 is 0 Å². The van der Waals surface area contributed by atoms with Gasteiger partial charge in [-0.2, -0.15) is 0 Å². The van der Waals surface area contributed by atoms with Gasteiger partial charge in [0.05, 0.1) is 32.4 Å². The van der Waals surface area contributed by atoms with Crippen molar-refractivity contribution < 1.29 is 28.8 Å². The van der Waals surface area contributed by atoms with Gasteiger partial charge in [-0.05, 0) is 24.3 Å². The third-order valence-electron chi connectivity index (χ3n) is 3.96. The Morgan fingerprint density at radius 2 is 1.80 bits per heavy atom. The molecule has 25 heavy (non-hydrogen) atoms. The van der Waals surface area contributed by atoms with Crippen LogP contribution in [0, 0.1) is 0 Å². The number of amides is 2. The van der Waals surface area contributed by atoms with E-state index in [-0.39, 0.29) is 0 Å². The van der Waals surface area contributed by atoms with Crippen LogP contribution in [0.5, 0.6) is 0 Å². The zero-order valence-corrected chi connectivity index (χ0v) is 14.3. The average Bonchev–Trinajstić information content (AvgIpc) is 2.65. The van der Waals surface area contributed by atoms with E-state index in [0.29, 0.717) is 17.8 Å². The number of anilines is 1. The molecule has 1 saturated heterocycles. The number of nitrogens with one attached hydrogen (secondary N) is 3. The lowest BCUT2D eigenvalue weighted by molar-refractivity contribution is -0.908. The van der Waals surface area contributed by atoms with Crippen molar-refractivity contribution in [3.05, 3.63) is 29.8 Å². The van der Waals surface area contributed by atoms with E-state index >= 15 is 0 Å². The number of benzene rings is 1. The molecule has 136 valence electrons. The van der Waals surface area contributed by atoms with E-state index in [1.54, 1.807) is 12.1 Å². The van der Waals surface area contributed by atoms with Gasteiger partial charge in [-0.15, -0.1) is 0 Å². The summed E-state index contributed by atoms with van der Waals surface area (Å²) >= 11 is 0. The van der Waals surface area contributed by atoms with E-state index in [1.165, 1.54) is 24.1 Å². The maximum atomic E-state index is 11.8. The summed E-state index contributed by atoms with van der Waals surface area (Å²) in [5.41, 5.74) is 0.807. The summed E-state index contributed by atoms with van der Waals surface area (Å²) in [4.78, 5) is 36.4. The molecule has 1 heterocycles. The number of morpholine rings is 1. The largest absolute Gasteiger partial charge is 0.465 e. The van der Waals surface area contributed by atoms with Gasteiger partial charge in [0, 0.05) is 18.7 Å². The topological polar surface area (TPSA) is 98.2 Å². The molecule has 0 saturated carbocycles. The Morgan fingerprint density at radius 3 is 2.44 bits per heavy atom. The van der Waals surface area contributed by atoms with Gasteiger partial charge in [0.1, 0.15) is 13.1 Å². The molecule has 1 aliphatic heterocycles. The normalized spacial score (nSPS) is 14.6. The summed E-state index contributed by atoms with van der Waals surface area (Å²) in [5.74, 6) is -1.86. The second-order valence-corrected chi connectivity index (χ2v) is 5.74. The zero-order chi connectivity index (χ0) is 18.1. The molecule has 1 fully saturated rings. The first-order valence-electron chi connectivity index (χ1n) is 8.29. The van der Waals surface area contributed by atoms with Crippen LogP contribution in [0.25, 0.3) is 0 Å². The summed E-state index contributed by atoms with van der Waals surface area (Å²) in [6.07, 6.45) is 0.808. The second kappa shape index (κ2) is 9.75. The molecule has 3 N–H and O–H groups in total. The number of methoxy groups -OCH3 is 1. The summed E-state index contributed by atoms with van der Waals surface area (Å²) in [7, 11) is 1.29. The fourth-order valence-electron chi connectivity index (χ4n) is 2.53. The van der Waals surface area contributed by atoms with Crippen LogP contribution in [-0.2, 0) is 19.1 Å². The molecule has 1 aromatic carbocycles. The first kappa shape index (κ1) is 18.9. The Kier molecular flexibility index (Phi) is 7.36.